The Hall–Kier alpha value is -3.12. The second-order valence-corrected chi connectivity index (χ2v) is 7.62. The summed E-state index contributed by atoms with van der Waals surface area (Å²) in [6.07, 6.45) is -6.73. The number of rotatable bonds is 6. The summed E-state index contributed by atoms with van der Waals surface area (Å²) in [5.74, 6) is -0.226. The van der Waals surface area contributed by atoms with Gasteiger partial charge in [0.05, 0.1) is 38.8 Å². The van der Waals surface area contributed by atoms with Gasteiger partial charge >= 0.3 is 18.0 Å². The molecular weight excluding hydrogens is 482 g/mol. The largest absolute Gasteiger partial charge is 0.449 e. The van der Waals surface area contributed by atoms with E-state index in [9.17, 15) is 38.2 Å². The average molecular weight is 496 g/mol. The van der Waals surface area contributed by atoms with Crippen LogP contribution in [0.3, 0.4) is 0 Å². The first-order valence-corrected chi connectivity index (χ1v) is 9.45. The van der Waals surface area contributed by atoms with Crippen molar-refractivity contribution in [2.24, 2.45) is 5.92 Å². The molecule has 0 aromatic heterocycles. The smallest absolute Gasteiger partial charge is 0.419 e. The molecule has 172 valence electrons. The quantitative estimate of drug-likeness (QED) is 0.322. The molecule has 2 rings (SSSR count). The molecule has 0 aliphatic heterocycles. The van der Waals surface area contributed by atoms with Gasteiger partial charge in [0.1, 0.15) is 5.69 Å². The first kappa shape index (κ1) is 25.1. The van der Waals surface area contributed by atoms with Crippen LogP contribution in [0, 0.1) is 26.1 Å². The molecule has 0 aliphatic carbocycles. The molecule has 0 radical (unpaired) electrons. The predicted octanol–water partition coefficient (Wildman–Crippen LogP) is 6.76. The van der Waals surface area contributed by atoms with Crippen LogP contribution in [0.15, 0.2) is 30.3 Å². The van der Waals surface area contributed by atoms with Crippen molar-refractivity contribution in [1.29, 1.82) is 0 Å². The molecule has 0 N–H and O–H groups in total. The highest BCUT2D eigenvalue weighted by molar-refractivity contribution is 6.37. The van der Waals surface area contributed by atoms with Crippen LogP contribution >= 0.6 is 23.2 Å². The van der Waals surface area contributed by atoms with Crippen molar-refractivity contribution < 1.29 is 32.5 Å². The Bertz CT molecular complexity index is 1080. The standard InChI is InChI=1S/C18H14Cl2F3N3O6/c1-9(2)8-32-17(27)24(14-4-3-10(19)5-13(14)20)16-12(18(21,22)23)6-11(25(28)29)7-15(16)26(30)31/h3-7,9H,8H2,1-2H3. The molecule has 0 saturated heterocycles. The number of non-ortho nitro benzene ring substituents is 1. The van der Waals surface area contributed by atoms with E-state index in [1.807, 2.05) is 0 Å². The number of nitro groups is 2. The molecule has 14 heteroatoms. The lowest BCUT2D eigenvalue weighted by atomic mass is 10.1. The van der Waals surface area contributed by atoms with Gasteiger partial charge in [-0.3, -0.25) is 20.2 Å². The number of carbonyl (C=O) groups is 1. The van der Waals surface area contributed by atoms with Gasteiger partial charge in [-0.2, -0.15) is 13.2 Å². The number of anilines is 2. The van der Waals surface area contributed by atoms with Gasteiger partial charge < -0.3 is 4.74 Å². The molecule has 0 bridgehead atoms. The van der Waals surface area contributed by atoms with Crippen LogP contribution in [0.25, 0.3) is 0 Å². The summed E-state index contributed by atoms with van der Waals surface area (Å²) in [5, 5.41) is 22.5. The van der Waals surface area contributed by atoms with Crippen molar-refractivity contribution in [1.82, 2.24) is 0 Å². The Balaban J connectivity index is 2.94. The van der Waals surface area contributed by atoms with Crippen LogP contribution in [0.5, 0.6) is 0 Å². The van der Waals surface area contributed by atoms with E-state index >= 15 is 0 Å². The average Bonchev–Trinajstić information content (AvgIpc) is 2.66. The van der Waals surface area contributed by atoms with Crippen molar-refractivity contribution in [3.8, 4) is 0 Å². The van der Waals surface area contributed by atoms with Crippen molar-refractivity contribution in [2.45, 2.75) is 20.0 Å². The summed E-state index contributed by atoms with van der Waals surface area (Å²) in [5.41, 5.74) is -6.03. The maximum absolute atomic E-state index is 13.9. The van der Waals surface area contributed by atoms with Crippen LogP contribution in [0.4, 0.5) is 40.7 Å². The van der Waals surface area contributed by atoms with Gasteiger partial charge in [0, 0.05) is 11.1 Å². The Labute approximate surface area is 188 Å². The molecule has 0 saturated carbocycles. The van der Waals surface area contributed by atoms with Crippen molar-refractivity contribution in [3.63, 3.8) is 0 Å². The Morgan fingerprint density at radius 1 is 1.12 bits per heavy atom. The molecule has 2 aromatic rings. The predicted molar refractivity (Wildman–Crippen MR) is 110 cm³/mol. The molecule has 0 fully saturated rings. The van der Waals surface area contributed by atoms with Crippen molar-refractivity contribution >= 4 is 52.0 Å². The van der Waals surface area contributed by atoms with Gasteiger partial charge in [-0.15, -0.1) is 0 Å². The molecule has 0 heterocycles. The fraction of sp³-hybridized carbons (Fsp3) is 0.278. The van der Waals surface area contributed by atoms with Crippen molar-refractivity contribution in [2.75, 3.05) is 11.5 Å². The lowest BCUT2D eigenvalue weighted by Crippen LogP contribution is -2.31. The van der Waals surface area contributed by atoms with Crippen molar-refractivity contribution in [3.05, 3.63) is 66.2 Å². The fourth-order valence-electron chi connectivity index (χ4n) is 2.58. The zero-order valence-electron chi connectivity index (χ0n) is 16.4. The number of alkyl halides is 3. The Kier molecular flexibility index (Phi) is 7.52. The summed E-state index contributed by atoms with van der Waals surface area (Å²) in [6.45, 7) is 3.08. The number of nitrogens with zero attached hydrogens (tertiary/aromatic N) is 3. The summed E-state index contributed by atoms with van der Waals surface area (Å²) in [4.78, 5) is 33.3. The monoisotopic (exact) mass is 495 g/mol. The summed E-state index contributed by atoms with van der Waals surface area (Å²) >= 11 is 11.9. The third kappa shape index (κ3) is 5.56. The van der Waals surface area contributed by atoms with Gasteiger partial charge in [0.2, 0.25) is 0 Å². The molecule has 1 amide bonds. The van der Waals surface area contributed by atoms with Crippen LogP contribution < -0.4 is 4.90 Å². The normalized spacial score (nSPS) is 11.4. The van der Waals surface area contributed by atoms with Gasteiger partial charge in [-0.05, 0) is 24.1 Å². The van der Waals surface area contributed by atoms with Crippen LogP contribution in [0.2, 0.25) is 10.0 Å². The summed E-state index contributed by atoms with van der Waals surface area (Å²) in [7, 11) is 0. The zero-order valence-corrected chi connectivity index (χ0v) is 17.9. The Morgan fingerprint density at radius 3 is 2.22 bits per heavy atom. The van der Waals surface area contributed by atoms with E-state index in [1.54, 1.807) is 13.8 Å². The lowest BCUT2D eigenvalue weighted by molar-refractivity contribution is -0.394. The second-order valence-electron chi connectivity index (χ2n) is 6.77. The van der Waals surface area contributed by atoms with E-state index in [1.165, 1.54) is 6.07 Å². The number of amides is 1. The van der Waals surface area contributed by atoms with E-state index in [2.05, 4.69) is 0 Å². The molecule has 9 nitrogen and oxygen atoms in total. The number of carbonyl (C=O) groups excluding carboxylic acids is 1. The maximum atomic E-state index is 13.9. The molecule has 0 atom stereocenters. The molecule has 0 spiro atoms. The van der Waals surface area contributed by atoms with E-state index < -0.39 is 50.4 Å². The van der Waals surface area contributed by atoms with Gasteiger partial charge in [-0.1, -0.05) is 37.0 Å². The first-order chi connectivity index (χ1) is 14.7. The maximum Gasteiger partial charge on any atom is 0.419 e. The molecular formula is C18H14Cl2F3N3O6. The van der Waals surface area contributed by atoms with Gasteiger partial charge in [-0.25, -0.2) is 9.69 Å². The summed E-state index contributed by atoms with van der Waals surface area (Å²) in [6, 6.07) is 3.76. The van der Waals surface area contributed by atoms with E-state index in [4.69, 9.17) is 27.9 Å². The minimum atomic E-state index is -5.32. The van der Waals surface area contributed by atoms with Crippen LogP contribution in [-0.2, 0) is 10.9 Å². The number of ether oxygens (including phenoxy) is 1. The van der Waals surface area contributed by atoms with E-state index in [0.29, 0.717) is 6.07 Å². The number of hydrogen-bond donors (Lipinski definition) is 0. The zero-order chi connectivity index (χ0) is 24.4. The highest BCUT2D eigenvalue weighted by Crippen LogP contribution is 2.48. The molecule has 0 unspecified atom stereocenters. The number of hydrogen-bond acceptors (Lipinski definition) is 6. The molecule has 2 aromatic carbocycles. The fourth-order valence-corrected chi connectivity index (χ4v) is 3.07. The number of nitro benzene ring substituents is 2. The van der Waals surface area contributed by atoms with Gasteiger partial charge in [0.25, 0.3) is 5.69 Å². The van der Waals surface area contributed by atoms with Crippen LogP contribution in [0.1, 0.15) is 19.4 Å². The third-order valence-electron chi connectivity index (χ3n) is 3.88. The molecule has 32 heavy (non-hydrogen) atoms. The van der Waals surface area contributed by atoms with Crippen LogP contribution in [-0.4, -0.2) is 22.5 Å². The minimum absolute atomic E-state index is 0.0727. The SMILES string of the molecule is CC(C)COC(=O)N(c1ccc(Cl)cc1Cl)c1c([N+](=O)[O-])cc([N+](=O)[O-])cc1C(F)(F)F. The third-order valence-corrected chi connectivity index (χ3v) is 4.42. The second kappa shape index (κ2) is 9.57. The highest BCUT2D eigenvalue weighted by Gasteiger charge is 2.44. The minimum Gasteiger partial charge on any atom is -0.449 e. The van der Waals surface area contributed by atoms with E-state index in [0.717, 1.165) is 12.1 Å². The summed E-state index contributed by atoms with van der Waals surface area (Å²) < 4.78 is 46.6. The molecule has 0 aliphatic rings. The van der Waals surface area contributed by atoms with E-state index in [-0.39, 0.29) is 33.5 Å². The number of halogens is 5. The first-order valence-electron chi connectivity index (χ1n) is 8.70. The van der Waals surface area contributed by atoms with Gasteiger partial charge in [0.15, 0.2) is 0 Å². The highest BCUT2D eigenvalue weighted by atomic mass is 35.5. The topological polar surface area (TPSA) is 116 Å². The number of benzene rings is 2. The lowest BCUT2D eigenvalue weighted by Gasteiger charge is -2.26. The Morgan fingerprint density at radius 2 is 1.75 bits per heavy atom.